The number of nitrogens with zero attached hydrogens (tertiary/aromatic N) is 3. The summed E-state index contributed by atoms with van der Waals surface area (Å²) in [5.74, 6) is 0.423. The highest BCUT2D eigenvalue weighted by atomic mass is 16.6. The molecule has 0 spiro atoms. The van der Waals surface area contributed by atoms with E-state index in [0.717, 1.165) is 56.8 Å². The molecule has 0 atom stereocenters. The maximum Gasteiger partial charge on any atom is 0.287 e. The molecule has 11 heteroatoms. The van der Waals surface area contributed by atoms with Crippen LogP contribution < -0.4 is 10.7 Å². The number of morpholine rings is 1. The predicted octanol–water partition coefficient (Wildman–Crippen LogP) is 2.35. The molecule has 1 saturated heterocycles. The molecule has 2 aromatic rings. The predicted molar refractivity (Wildman–Crippen MR) is 132 cm³/mol. The summed E-state index contributed by atoms with van der Waals surface area (Å²) in [6, 6.07) is 5.84. The Kier molecular flexibility index (Phi) is 8.44. The standard InChI is InChI=1S/C25H31N5O6/c1-17-23-20(27-28-22(31)16-18-6-8-19(9-7-18)30(33)34)4-2-5-21(23)36-24(17)25(32)26-10-3-11-29-12-14-35-15-13-29/h6-9H,2-5,10-16H2,1H3,(H,26,32)(H,28,31)/b27-20+. The molecule has 1 aromatic carbocycles. The number of nitrogens with one attached hydrogen (secondary N) is 2. The van der Waals surface area contributed by atoms with Gasteiger partial charge in [-0.25, -0.2) is 5.43 Å². The number of fused-ring (bicyclic) bond motifs is 1. The number of carbonyl (C=O) groups excluding carboxylic acids is 2. The van der Waals surface area contributed by atoms with Crippen LogP contribution in [-0.2, 0) is 22.4 Å². The van der Waals surface area contributed by atoms with Gasteiger partial charge in [-0.2, -0.15) is 5.10 Å². The first-order valence-electron chi connectivity index (χ1n) is 12.2. The SMILES string of the molecule is Cc1c(C(=O)NCCCN2CCOCC2)oc2c1/C(=N/NC(=O)Cc1ccc([N+](=O)[O-])cc1)CCC2. The number of non-ortho nitro benzene ring substituents is 1. The maximum atomic E-state index is 12.8. The van der Waals surface area contributed by atoms with Crippen molar-refractivity contribution in [2.75, 3.05) is 39.4 Å². The largest absolute Gasteiger partial charge is 0.455 e. The fraction of sp³-hybridized carbons (Fsp3) is 0.480. The summed E-state index contributed by atoms with van der Waals surface area (Å²) in [7, 11) is 0. The smallest absolute Gasteiger partial charge is 0.287 e. The molecule has 36 heavy (non-hydrogen) atoms. The van der Waals surface area contributed by atoms with Crippen molar-refractivity contribution in [3.63, 3.8) is 0 Å². The van der Waals surface area contributed by atoms with Crippen LogP contribution in [0.1, 0.15) is 52.3 Å². The summed E-state index contributed by atoms with van der Waals surface area (Å²) in [6.07, 6.45) is 3.06. The molecule has 2 N–H and O–H groups in total. The Morgan fingerprint density at radius 3 is 2.64 bits per heavy atom. The molecule has 2 amide bonds. The number of hydrazone groups is 1. The second kappa shape index (κ2) is 11.9. The zero-order valence-electron chi connectivity index (χ0n) is 20.4. The van der Waals surface area contributed by atoms with E-state index < -0.39 is 4.92 Å². The Morgan fingerprint density at radius 2 is 1.92 bits per heavy atom. The summed E-state index contributed by atoms with van der Waals surface area (Å²) < 4.78 is 11.3. The molecule has 0 radical (unpaired) electrons. The normalized spacial score (nSPS) is 17.0. The third-order valence-corrected chi connectivity index (χ3v) is 6.40. The van der Waals surface area contributed by atoms with Crippen LogP contribution in [0.15, 0.2) is 33.8 Å². The van der Waals surface area contributed by atoms with Crippen LogP contribution in [0.3, 0.4) is 0 Å². The van der Waals surface area contributed by atoms with Crippen molar-refractivity contribution in [1.82, 2.24) is 15.6 Å². The first-order valence-corrected chi connectivity index (χ1v) is 12.2. The van der Waals surface area contributed by atoms with Crippen molar-refractivity contribution in [3.05, 3.63) is 62.6 Å². The molecule has 2 heterocycles. The summed E-state index contributed by atoms with van der Waals surface area (Å²) in [5, 5.41) is 18.1. The van der Waals surface area contributed by atoms with Gasteiger partial charge in [0.1, 0.15) is 5.76 Å². The Bertz CT molecular complexity index is 1130. The second-order valence-electron chi connectivity index (χ2n) is 8.97. The minimum atomic E-state index is -0.482. The van der Waals surface area contributed by atoms with Crippen molar-refractivity contribution in [3.8, 4) is 0 Å². The number of furan rings is 1. The van der Waals surface area contributed by atoms with Gasteiger partial charge in [-0.15, -0.1) is 0 Å². The van der Waals surface area contributed by atoms with E-state index in [1.54, 1.807) is 12.1 Å². The van der Waals surface area contributed by atoms with Gasteiger partial charge in [0.2, 0.25) is 5.91 Å². The molecule has 1 aliphatic carbocycles. The van der Waals surface area contributed by atoms with Gasteiger partial charge in [0.05, 0.1) is 30.3 Å². The van der Waals surface area contributed by atoms with Gasteiger partial charge < -0.3 is 14.5 Å². The van der Waals surface area contributed by atoms with E-state index in [1.165, 1.54) is 12.1 Å². The highest BCUT2D eigenvalue weighted by Gasteiger charge is 2.28. The lowest BCUT2D eigenvalue weighted by Crippen LogP contribution is -2.38. The number of aryl methyl sites for hydroxylation is 1. The van der Waals surface area contributed by atoms with E-state index in [9.17, 15) is 19.7 Å². The third-order valence-electron chi connectivity index (χ3n) is 6.40. The van der Waals surface area contributed by atoms with E-state index in [0.29, 0.717) is 36.4 Å². The number of benzene rings is 1. The lowest BCUT2D eigenvalue weighted by Gasteiger charge is -2.26. The van der Waals surface area contributed by atoms with Crippen molar-refractivity contribution < 1.29 is 23.7 Å². The van der Waals surface area contributed by atoms with Crippen molar-refractivity contribution in [1.29, 1.82) is 0 Å². The maximum absolute atomic E-state index is 12.8. The molecule has 0 saturated carbocycles. The van der Waals surface area contributed by atoms with Crippen molar-refractivity contribution >= 4 is 23.2 Å². The topological polar surface area (TPSA) is 139 Å². The second-order valence-corrected chi connectivity index (χ2v) is 8.97. The third kappa shape index (κ3) is 6.35. The molecule has 192 valence electrons. The molecule has 4 rings (SSSR count). The first kappa shape index (κ1) is 25.5. The number of nitro benzene ring substituents is 1. The van der Waals surface area contributed by atoms with Crippen LogP contribution in [0.5, 0.6) is 0 Å². The average Bonchev–Trinajstić information content (AvgIpc) is 3.23. The Balaban J connectivity index is 1.34. The zero-order valence-corrected chi connectivity index (χ0v) is 20.4. The van der Waals surface area contributed by atoms with E-state index in [2.05, 4.69) is 20.7 Å². The molecule has 0 unspecified atom stereocenters. The minimum Gasteiger partial charge on any atom is -0.455 e. The minimum absolute atomic E-state index is 0.0264. The summed E-state index contributed by atoms with van der Waals surface area (Å²) in [6.45, 7) is 6.66. The fourth-order valence-electron chi connectivity index (χ4n) is 4.50. The fourth-order valence-corrected chi connectivity index (χ4v) is 4.50. The number of amides is 2. The van der Waals surface area contributed by atoms with E-state index >= 15 is 0 Å². The highest BCUT2D eigenvalue weighted by Crippen LogP contribution is 2.29. The first-order chi connectivity index (χ1) is 17.4. The lowest BCUT2D eigenvalue weighted by molar-refractivity contribution is -0.384. The molecule has 1 fully saturated rings. The van der Waals surface area contributed by atoms with Crippen LogP contribution in [0.25, 0.3) is 0 Å². The van der Waals surface area contributed by atoms with Crippen molar-refractivity contribution in [2.24, 2.45) is 5.10 Å². The van der Waals surface area contributed by atoms with Crippen molar-refractivity contribution in [2.45, 2.75) is 39.0 Å². The number of ether oxygens (including phenoxy) is 1. The van der Waals surface area contributed by atoms with Crippen LogP contribution in [-0.4, -0.2) is 66.7 Å². The molecular weight excluding hydrogens is 466 g/mol. The molecule has 2 aliphatic rings. The monoisotopic (exact) mass is 497 g/mol. The van der Waals surface area contributed by atoms with Gasteiger partial charge in [0, 0.05) is 49.3 Å². The highest BCUT2D eigenvalue weighted by molar-refractivity contribution is 6.06. The lowest BCUT2D eigenvalue weighted by atomic mass is 9.93. The summed E-state index contributed by atoms with van der Waals surface area (Å²) in [4.78, 5) is 37.8. The van der Waals surface area contributed by atoms with Gasteiger partial charge in [-0.3, -0.25) is 24.6 Å². The Labute approximate surface area is 209 Å². The number of carbonyl (C=O) groups is 2. The zero-order chi connectivity index (χ0) is 25.5. The van der Waals surface area contributed by atoms with Gasteiger partial charge in [-0.1, -0.05) is 12.1 Å². The van der Waals surface area contributed by atoms with Crippen LogP contribution in [0.2, 0.25) is 0 Å². The Hall–Kier alpha value is -3.57. The van der Waals surface area contributed by atoms with Crippen LogP contribution in [0, 0.1) is 17.0 Å². The van der Waals surface area contributed by atoms with Gasteiger partial charge in [-0.05, 0) is 38.3 Å². The molecular formula is C25H31N5O6. The summed E-state index contributed by atoms with van der Waals surface area (Å²) in [5.41, 5.74) is 5.39. The van der Waals surface area contributed by atoms with Crippen LogP contribution >= 0.6 is 0 Å². The van der Waals surface area contributed by atoms with E-state index in [-0.39, 0.29) is 29.7 Å². The summed E-state index contributed by atoms with van der Waals surface area (Å²) >= 11 is 0. The van der Waals surface area contributed by atoms with Gasteiger partial charge in [0.15, 0.2) is 5.76 Å². The number of hydrogen-bond donors (Lipinski definition) is 2. The van der Waals surface area contributed by atoms with Crippen LogP contribution in [0.4, 0.5) is 5.69 Å². The quantitative estimate of drug-likeness (QED) is 0.308. The van der Waals surface area contributed by atoms with Gasteiger partial charge in [0.25, 0.3) is 11.6 Å². The van der Waals surface area contributed by atoms with E-state index in [1.807, 2.05) is 6.92 Å². The van der Waals surface area contributed by atoms with E-state index in [4.69, 9.17) is 9.15 Å². The van der Waals surface area contributed by atoms with Gasteiger partial charge >= 0.3 is 0 Å². The number of hydrogen-bond acceptors (Lipinski definition) is 8. The number of nitro groups is 1. The Morgan fingerprint density at radius 1 is 1.17 bits per heavy atom. The molecule has 0 bridgehead atoms. The average molecular weight is 498 g/mol. The molecule has 1 aromatic heterocycles. The molecule has 1 aliphatic heterocycles. The number of rotatable bonds is 9. The molecule has 11 nitrogen and oxygen atoms in total.